The van der Waals surface area contributed by atoms with Crippen LogP contribution in [0.1, 0.15) is 54.6 Å². The Hall–Kier alpha value is -3.63. The minimum atomic E-state index is -0.0297. The predicted octanol–water partition coefficient (Wildman–Crippen LogP) is 8.33. The van der Waals surface area contributed by atoms with Crippen LogP contribution in [-0.4, -0.2) is 16.7 Å². The highest BCUT2D eigenvalue weighted by atomic mass is 35.5. The maximum atomic E-state index is 12.9. The molecule has 0 aromatic heterocycles. The van der Waals surface area contributed by atoms with Crippen molar-refractivity contribution in [1.82, 2.24) is 0 Å². The van der Waals surface area contributed by atoms with E-state index >= 15 is 0 Å². The Labute approximate surface area is 219 Å². The molecule has 0 aliphatic carbocycles. The monoisotopic (exact) mass is 500 g/mol. The SMILES string of the molecule is C=C/C=C(\N=C(C)Nc1ccc(C(=O)C(C)CCCCc2ccc(O)cc2)cc1)c1ccc(Cl)cc1. The highest BCUT2D eigenvalue weighted by Crippen LogP contribution is 2.21. The third-order valence-corrected chi connectivity index (χ3v) is 6.19. The largest absolute Gasteiger partial charge is 0.508 e. The van der Waals surface area contributed by atoms with Crippen LogP contribution in [0.25, 0.3) is 5.70 Å². The second kappa shape index (κ2) is 13.5. The topological polar surface area (TPSA) is 61.7 Å². The molecule has 0 saturated heterocycles. The number of nitrogens with one attached hydrogen (secondary N) is 1. The Kier molecular flexibility index (Phi) is 10.1. The maximum Gasteiger partial charge on any atom is 0.165 e. The van der Waals surface area contributed by atoms with Crippen molar-refractivity contribution in [3.63, 3.8) is 0 Å². The van der Waals surface area contributed by atoms with Crippen LogP contribution in [0, 0.1) is 5.92 Å². The first-order chi connectivity index (χ1) is 17.4. The Morgan fingerprint density at radius 3 is 2.28 bits per heavy atom. The van der Waals surface area contributed by atoms with Gasteiger partial charge in [-0.2, -0.15) is 0 Å². The molecule has 0 saturated carbocycles. The molecule has 36 heavy (non-hydrogen) atoms. The van der Waals surface area contributed by atoms with Crippen LogP contribution >= 0.6 is 11.6 Å². The molecule has 1 atom stereocenters. The van der Waals surface area contributed by atoms with Gasteiger partial charge in [0, 0.05) is 27.8 Å². The van der Waals surface area contributed by atoms with Crippen molar-refractivity contribution < 1.29 is 9.90 Å². The van der Waals surface area contributed by atoms with Crippen LogP contribution in [0.2, 0.25) is 5.02 Å². The molecule has 0 fully saturated rings. The molecular weight excluding hydrogens is 468 g/mol. The zero-order valence-corrected chi connectivity index (χ0v) is 21.6. The van der Waals surface area contributed by atoms with Gasteiger partial charge in [0.15, 0.2) is 5.78 Å². The first-order valence-electron chi connectivity index (χ1n) is 12.2. The Morgan fingerprint density at radius 2 is 1.64 bits per heavy atom. The van der Waals surface area contributed by atoms with Crippen molar-refractivity contribution in [1.29, 1.82) is 0 Å². The fraction of sp³-hybridized carbons (Fsp3) is 0.226. The molecule has 3 aromatic rings. The first-order valence-corrected chi connectivity index (χ1v) is 12.6. The van der Waals surface area contributed by atoms with E-state index in [1.807, 2.05) is 80.6 Å². The first kappa shape index (κ1) is 27.0. The number of allylic oxidation sites excluding steroid dienone is 2. The third kappa shape index (κ3) is 8.24. The van der Waals surface area contributed by atoms with Gasteiger partial charge in [0.1, 0.15) is 11.6 Å². The number of Topliss-reactive ketones (excluding diaryl/α,β-unsaturated/α-hetero) is 1. The van der Waals surface area contributed by atoms with Gasteiger partial charge in [-0.15, -0.1) is 0 Å². The van der Waals surface area contributed by atoms with Gasteiger partial charge in [-0.3, -0.25) is 4.79 Å². The van der Waals surface area contributed by atoms with E-state index in [1.165, 1.54) is 5.56 Å². The average Bonchev–Trinajstić information content (AvgIpc) is 2.88. The van der Waals surface area contributed by atoms with Gasteiger partial charge < -0.3 is 10.4 Å². The van der Waals surface area contributed by atoms with Crippen molar-refractivity contribution in [2.45, 2.75) is 39.5 Å². The number of halogens is 1. The molecule has 0 heterocycles. The molecule has 3 rings (SSSR count). The van der Waals surface area contributed by atoms with Crippen LogP contribution in [0.5, 0.6) is 5.75 Å². The Balaban J connectivity index is 1.53. The zero-order chi connectivity index (χ0) is 25.9. The summed E-state index contributed by atoms with van der Waals surface area (Å²) in [4.78, 5) is 17.6. The number of phenolic OH excluding ortho intramolecular Hbond substituents is 1. The summed E-state index contributed by atoms with van der Waals surface area (Å²) < 4.78 is 0. The fourth-order valence-corrected chi connectivity index (χ4v) is 4.05. The summed E-state index contributed by atoms with van der Waals surface area (Å²) in [6.07, 6.45) is 7.35. The molecule has 0 spiro atoms. The van der Waals surface area contributed by atoms with E-state index in [0.29, 0.717) is 5.02 Å². The second-order valence-corrected chi connectivity index (χ2v) is 9.31. The molecule has 186 valence electrons. The number of aromatic hydroxyl groups is 1. The summed E-state index contributed by atoms with van der Waals surface area (Å²) in [5, 5.41) is 13.3. The van der Waals surface area contributed by atoms with E-state index in [2.05, 4.69) is 16.9 Å². The summed E-state index contributed by atoms with van der Waals surface area (Å²) in [5.74, 6) is 1.14. The van der Waals surface area contributed by atoms with E-state index in [1.54, 1.807) is 18.2 Å². The molecule has 3 aromatic carbocycles. The predicted molar refractivity (Wildman–Crippen MR) is 152 cm³/mol. The Bertz CT molecular complexity index is 1210. The van der Waals surface area contributed by atoms with E-state index in [0.717, 1.165) is 54.0 Å². The number of aryl methyl sites for hydroxylation is 1. The summed E-state index contributed by atoms with van der Waals surface area (Å²) in [6.45, 7) is 7.67. The summed E-state index contributed by atoms with van der Waals surface area (Å²) in [6, 6.07) is 22.4. The lowest BCUT2D eigenvalue weighted by Gasteiger charge is -2.12. The molecule has 5 heteroatoms. The molecule has 2 N–H and O–H groups in total. The number of amidine groups is 1. The number of anilines is 1. The minimum Gasteiger partial charge on any atom is -0.508 e. The van der Waals surface area contributed by atoms with Crippen molar-refractivity contribution in [2.75, 3.05) is 5.32 Å². The quantitative estimate of drug-likeness (QED) is 0.0914. The molecule has 4 nitrogen and oxygen atoms in total. The van der Waals surface area contributed by atoms with Gasteiger partial charge in [0.2, 0.25) is 0 Å². The van der Waals surface area contributed by atoms with Crippen LogP contribution in [0.15, 0.2) is 96.5 Å². The lowest BCUT2D eigenvalue weighted by atomic mass is 9.93. The summed E-state index contributed by atoms with van der Waals surface area (Å²) in [7, 11) is 0. The number of hydrogen-bond donors (Lipinski definition) is 2. The van der Waals surface area contributed by atoms with Crippen molar-refractivity contribution in [3.05, 3.63) is 113 Å². The van der Waals surface area contributed by atoms with Crippen molar-refractivity contribution in [3.8, 4) is 5.75 Å². The summed E-state index contributed by atoms with van der Waals surface area (Å²) >= 11 is 6.00. The number of benzene rings is 3. The normalized spacial score (nSPS) is 12.8. The van der Waals surface area contributed by atoms with Gasteiger partial charge in [-0.1, -0.05) is 61.9 Å². The molecular formula is C31H33ClN2O2. The highest BCUT2D eigenvalue weighted by molar-refractivity contribution is 6.30. The van der Waals surface area contributed by atoms with Crippen LogP contribution in [-0.2, 0) is 6.42 Å². The van der Waals surface area contributed by atoms with Gasteiger partial charge in [0.25, 0.3) is 0 Å². The lowest BCUT2D eigenvalue weighted by Crippen LogP contribution is -2.12. The number of unbranched alkanes of at least 4 members (excludes halogenated alkanes) is 1. The minimum absolute atomic E-state index is 0.0297. The number of carbonyl (C=O) groups excluding carboxylic acids is 1. The smallest absolute Gasteiger partial charge is 0.165 e. The number of aliphatic imine (C=N–C) groups is 1. The molecule has 0 amide bonds. The van der Waals surface area contributed by atoms with E-state index in [9.17, 15) is 9.90 Å². The number of phenols is 1. The van der Waals surface area contributed by atoms with Crippen LogP contribution in [0.4, 0.5) is 5.69 Å². The standard InChI is InChI=1S/C31H33ClN2O2/c1-4-7-30(25-12-16-27(32)17-13-25)34-23(3)33-28-18-14-26(15-19-28)31(36)22(2)8-5-6-9-24-10-20-29(35)21-11-24/h4,7,10-22,35H,1,5-6,8-9H2,2-3H3,(H,33,34)/b30-7-. The van der Waals surface area contributed by atoms with Crippen LogP contribution in [0.3, 0.4) is 0 Å². The maximum absolute atomic E-state index is 12.9. The van der Waals surface area contributed by atoms with Crippen molar-refractivity contribution >= 4 is 34.6 Å². The molecule has 0 radical (unpaired) electrons. The lowest BCUT2D eigenvalue weighted by molar-refractivity contribution is 0.0922. The van der Waals surface area contributed by atoms with Gasteiger partial charge >= 0.3 is 0 Å². The van der Waals surface area contributed by atoms with E-state index in [4.69, 9.17) is 11.6 Å². The zero-order valence-electron chi connectivity index (χ0n) is 20.9. The number of nitrogens with zero attached hydrogens (tertiary/aromatic N) is 1. The molecule has 1 unspecified atom stereocenters. The van der Waals surface area contributed by atoms with E-state index in [-0.39, 0.29) is 17.5 Å². The highest BCUT2D eigenvalue weighted by Gasteiger charge is 2.15. The molecule has 0 aliphatic heterocycles. The fourth-order valence-electron chi connectivity index (χ4n) is 3.92. The number of rotatable bonds is 11. The summed E-state index contributed by atoms with van der Waals surface area (Å²) in [5.41, 5.74) is 4.50. The molecule has 0 bridgehead atoms. The van der Waals surface area contributed by atoms with Crippen LogP contribution < -0.4 is 5.32 Å². The second-order valence-electron chi connectivity index (χ2n) is 8.87. The van der Waals surface area contributed by atoms with Crippen molar-refractivity contribution in [2.24, 2.45) is 10.9 Å². The van der Waals surface area contributed by atoms with Gasteiger partial charge in [-0.05, 0) is 86.4 Å². The third-order valence-electron chi connectivity index (χ3n) is 5.94. The molecule has 0 aliphatic rings. The van der Waals surface area contributed by atoms with Gasteiger partial charge in [-0.25, -0.2) is 4.99 Å². The van der Waals surface area contributed by atoms with Gasteiger partial charge in [0.05, 0.1) is 5.70 Å². The Morgan fingerprint density at radius 1 is 1.00 bits per heavy atom. The number of ketones is 1. The number of carbonyl (C=O) groups is 1. The average molecular weight is 501 g/mol. The van der Waals surface area contributed by atoms with E-state index < -0.39 is 0 Å². The number of hydrogen-bond acceptors (Lipinski definition) is 3.